The van der Waals surface area contributed by atoms with Gasteiger partial charge in [-0.05, 0) is 16.5 Å². The van der Waals surface area contributed by atoms with Crippen molar-refractivity contribution in [1.29, 1.82) is 0 Å². The third kappa shape index (κ3) is 12.7. The molecule has 0 saturated heterocycles. The van der Waals surface area contributed by atoms with Crippen molar-refractivity contribution >= 4 is 0 Å². The molecule has 0 bridgehead atoms. The summed E-state index contributed by atoms with van der Waals surface area (Å²) in [5, 5.41) is 9.68. The molecule has 0 amide bonds. The van der Waals surface area contributed by atoms with Crippen molar-refractivity contribution < 1.29 is 25.2 Å². The van der Waals surface area contributed by atoms with Gasteiger partial charge < -0.3 is 15.1 Å². The zero-order chi connectivity index (χ0) is 43.2. The van der Waals surface area contributed by atoms with Crippen molar-refractivity contribution in [2.75, 3.05) is 0 Å². The first-order valence-corrected chi connectivity index (χ1v) is 20.3. The molecule has 0 unspecified atom stereocenters. The van der Waals surface area contributed by atoms with Crippen LogP contribution in [0, 0.1) is 29.5 Å². The molecule has 8 aromatic rings. The number of aliphatic hydroxyl groups excluding tert-OH is 1. The van der Waals surface area contributed by atoms with Gasteiger partial charge in [0, 0.05) is 46.1 Å². The van der Waals surface area contributed by atoms with Crippen LogP contribution in [0.4, 0.5) is 0 Å². The number of aromatic nitrogens is 4. The van der Waals surface area contributed by atoms with Crippen molar-refractivity contribution in [3.63, 3.8) is 0 Å². The Morgan fingerprint density at radius 1 is 0.468 bits per heavy atom. The Morgan fingerprint density at radius 2 is 0.806 bits per heavy atom. The summed E-state index contributed by atoms with van der Waals surface area (Å²) in [5.41, 5.74) is 11.7. The quantitative estimate of drug-likeness (QED) is 0.0979. The molecule has 0 aliphatic carbocycles. The molecule has 5 nitrogen and oxygen atoms in total. The van der Waals surface area contributed by atoms with E-state index in [1.165, 1.54) is 0 Å². The number of rotatable bonds is 7. The third-order valence-electron chi connectivity index (χ3n) is 9.63. The Labute approximate surface area is 381 Å². The maximum absolute atomic E-state index is 9.68. The van der Waals surface area contributed by atoms with Crippen LogP contribution in [0.5, 0.6) is 0 Å². The summed E-state index contributed by atoms with van der Waals surface area (Å²) < 4.78 is 0. The number of aliphatic hydroxyl groups is 1. The normalized spacial score (nSPS) is 11.2. The van der Waals surface area contributed by atoms with Gasteiger partial charge in [-0.15, -0.1) is 71.8 Å². The average Bonchev–Trinajstić information content (AvgIpc) is 3.30. The molecule has 2 aromatic heterocycles. The van der Waals surface area contributed by atoms with Gasteiger partial charge in [-0.25, -0.2) is 5.57 Å². The van der Waals surface area contributed by atoms with Crippen LogP contribution < -0.4 is 0 Å². The van der Waals surface area contributed by atoms with E-state index in [1.54, 1.807) is 6.08 Å². The summed E-state index contributed by atoms with van der Waals surface area (Å²) in [7, 11) is 0. The molecule has 6 aromatic carbocycles. The Morgan fingerprint density at radius 3 is 1.11 bits per heavy atom. The van der Waals surface area contributed by atoms with E-state index in [2.05, 4.69) is 36.4 Å². The molecule has 8 rings (SSSR count). The van der Waals surface area contributed by atoms with Gasteiger partial charge in [-0.1, -0.05) is 163 Å². The zero-order valence-electron chi connectivity index (χ0n) is 36.0. The molecular formula is C56H51IrN4O. The Balaban J connectivity index is 0.000000183. The second-order valence-electron chi connectivity index (χ2n) is 16.4. The summed E-state index contributed by atoms with van der Waals surface area (Å²) in [6.45, 7) is 17.8. The van der Waals surface area contributed by atoms with Gasteiger partial charge >= 0.3 is 20.1 Å². The van der Waals surface area contributed by atoms with Crippen LogP contribution in [0.15, 0.2) is 200 Å². The molecule has 62 heavy (non-hydrogen) atoms. The fraction of sp³-hybridized carbons (Fsp3) is 0.143. The van der Waals surface area contributed by atoms with E-state index in [-0.39, 0.29) is 30.9 Å². The van der Waals surface area contributed by atoms with E-state index in [4.69, 9.17) is 26.5 Å². The second kappa shape index (κ2) is 21.8. The second-order valence-corrected chi connectivity index (χ2v) is 16.4. The first-order chi connectivity index (χ1) is 29.4. The Hall–Kier alpha value is -6.59. The predicted octanol–water partition coefficient (Wildman–Crippen LogP) is 14.4. The summed E-state index contributed by atoms with van der Waals surface area (Å²) in [6, 6.07) is 62.8. The minimum Gasteiger partial charge on any atom is -0.530 e. The zero-order valence-corrected chi connectivity index (χ0v) is 38.4. The molecule has 0 saturated carbocycles. The summed E-state index contributed by atoms with van der Waals surface area (Å²) >= 11 is 0. The Kier molecular flexibility index (Phi) is 16.3. The van der Waals surface area contributed by atoms with Gasteiger partial charge in [-0.3, -0.25) is 16.5 Å². The van der Waals surface area contributed by atoms with E-state index in [9.17, 15) is 5.11 Å². The van der Waals surface area contributed by atoms with Crippen LogP contribution >= 0.6 is 0 Å². The molecular weight excluding hydrogens is 937 g/mol. The van der Waals surface area contributed by atoms with Gasteiger partial charge in [0.2, 0.25) is 0 Å². The first-order valence-electron chi connectivity index (χ1n) is 20.3. The first kappa shape index (κ1) is 46.5. The fourth-order valence-corrected chi connectivity index (χ4v) is 5.92. The molecule has 2 heterocycles. The molecule has 1 N–H and O–H groups in total. The molecule has 0 radical (unpaired) electrons. The van der Waals surface area contributed by atoms with Crippen molar-refractivity contribution in [1.82, 2.24) is 19.9 Å². The van der Waals surface area contributed by atoms with Crippen molar-refractivity contribution in [3.05, 3.63) is 218 Å². The molecule has 310 valence electrons. The van der Waals surface area contributed by atoms with Crippen molar-refractivity contribution in [2.45, 2.75) is 41.5 Å². The van der Waals surface area contributed by atoms with Crippen LogP contribution in [-0.4, -0.2) is 25.0 Å². The number of hydrogen-bond donors (Lipinski definition) is 1. The van der Waals surface area contributed by atoms with E-state index < -0.39 is 0 Å². The van der Waals surface area contributed by atoms with Gasteiger partial charge in [0.15, 0.2) is 0 Å². The van der Waals surface area contributed by atoms with Crippen LogP contribution in [0.25, 0.3) is 67.5 Å². The summed E-state index contributed by atoms with van der Waals surface area (Å²) in [4.78, 5) is 19.2. The fourth-order valence-electron chi connectivity index (χ4n) is 5.92. The van der Waals surface area contributed by atoms with Gasteiger partial charge in [0.25, 0.3) is 0 Å². The Bertz CT molecular complexity index is 2480. The van der Waals surface area contributed by atoms with Crippen molar-refractivity contribution in [3.8, 4) is 67.5 Å². The van der Waals surface area contributed by atoms with Gasteiger partial charge in [0.05, 0.1) is 22.8 Å². The number of nitrogens with zero attached hydrogens (tertiary/aromatic N) is 4. The predicted molar refractivity (Wildman–Crippen MR) is 252 cm³/mol. The maximum atomic E-state index is 9.68. The van der Waals surface area contributed by atoms with Crippen LogP contribution in [0.1, 0.15) is 41.5 Å². The van der Waals surface area contributed by atoms with Crippen LogP contribution in [0.2, 0.25) is 0 Å². The monoisotopic (exact) mass is 988 g/mol. The molecule has 0 fully saturated rings. The van der Waals surface area contributed by atoms with Crippen molar-refractivity contribution in [2.24, 2.45) is 10.8 Å². The van der Waals surface area contributed by atoms with Crippen LogP contribution in [-0.2, 0) is 20.1 Å². The van der Waals surface area contributed by atoms with Crippen LogP contribution in [0.3, 0.4) is 0 Å². The standard InChI is InChI=1S/2C22H15N2.C12H21O.Ir/c2*1-4-10-17(11-5-1)20-16-23-21(18-12-6-2-7-13-18)22(24-20)19-14-8-3-9-15-19;1-9(11(2,3)4)8-10(13)12(5,6)7;/h2*1-12,14-16H;1,8,13H,2-7H3;/q3*-1;+3. The topological polar surface area (TPSA) is 71.8 Å². The number of hydrogen-bond acceptors (Lipinski definition) is 5. The minimum absolute atomic E-state index is 0. The summed E-state index contributed by atoms with van der Waals surface area (Å²) in [5.74, 6) is 0.333. The van der Waals surface area contributed by atoms with E-state index >= 15 is 0 Å². The molecule has 0 atom stereocenters. The van der Waals surface area contributed by atoms with Gasteiger partial charge in [-0.2, -0.15) is 6.08 Å². The summed E-state index contributed by atoms with van der Waals surface area (Å²) in [6.07, 6.45) is 5.33. The molecule has 0 spiro atoms. The smallest absolute Gasteiger partial charge is 0.530 e. The average molecular weight is 988 g/mol. The largest absolute Gasteiger partial charge is 3.00 e. The molecule has 0 aliphatic heterocycles. The van der Waals surface area contributed by atoms with E-state index in [0.29, 0.717) is 11.3 Å². The molecule has 0 aliphatic rings. The number of allylic oxidation sites excluding steroid dienone is 3. The van der Waals surface area contributed by atoms with E-state index in [1.807, 2.05) is 200 Å². The van der Waals surface area contributed by atoms with Gasteiger partial charge in [0.1, 0.15) is 0 Å². The van der Waals surface area contributed by atoms with E-state index in [0.717, 1.165) is 67.5 Å². The molecule has 6 heteroatoms. The number of benzene rings is 6. The third-order valence-corrected chi connectivity index (χ3v) is 9.63. The SMILES string of the molecule is [CH-]=C(C=C(O)C(C)(C)C)C(C)(C)C.[Ir+3].[c-]1ccccc1-c1ncc(-c2ccccc2)nc1-c1ccccc1.[c-]1ccccc1-c1ncc(-c2ccccc2)nc1-c1ccccc1. The minimum atomic E-state index is -0.226. The maximum Gasteiger partial charge on any atom is 3.00 e.